The third-order valence-electron chi connectivity index (χ3n) is 4.36. The van der Waals surface area contributed by atoms with E-state index >= 15 is 0 Å². The quantitative estimate of drug-likeness (QED) is 0.786. The minimum absolute atomic E-state index is 0.0156. The zero-order valence-electron chi connectivity index (χ0n) is 13.9. The SMILES string of the molecule is CN(CCC(=O)Nc1sc2c(c1C#N)CCC2)CC(=O)NC1CC1. The molecule has 0 atom stereocenters. The summed E-state index contributed by atoms with van der Waals surface area (Å²) >= 11 is 1.53. The number of hydrogen-bond donors (Lipinski definition) is 2. The number of amides is 2. The largest absolute Gasteiger partial charge is 0.352 e. The van der Waals surface area contributed by atoms with Gasteiger partial charge in [-0.2, -0.15) is 5.26 Å². The molecule has 1 heterocycles. The number of likely N-dealkylation sites (N-methyl/N-ethyl adjacent to an activating group) is 1. The van der Waals surface area contributed by atoms with Crippen molar-refractivity contribution in [2.45, 2.75) is 44.6 Å². The van der Waals surface area contributed by atoms with Crippen LogP contribution >= 0.6 is 11.3 Å². The predicted octanol–water partition coefficient (Wildman–Crippen LogP) is 1.65. The fourth-order valence-electron chi connectivity index (χ4n) is 2.92. The Balaban J connectivity index is 1.46. The van der Waals surface area contributed by atoms with Crippen LogP contribution in [0.2, 0.25) is 0 Å². The molecule has 0 bridgehead atoms. The number of nitrogens with zero attached hydrogens (tertiary/aromatic N) is 2. The number of hydrogen-bond acceptors (Lipinski definition) is 5. The van der Waals surface area contributed by atoms with Gasteiger partial charge in [0.05, 0.1) is 12.1 Å². The van der Waals surface area contributed by atoms with Crippen molar-refractivity contribution >= 4 is 28.2 Å². The van der Waals surface area contributed by atoms with Gasteiger partial charge >= 0.3 is 0 Å². The summed E-state index contributed by atoms with van der Waals surface area (Å²) in [7, 11) is 1.83. The lowest BCUT2D eigenvalue weighted by molar-refractivity contribution is -0.123. The van der Waals surface area contributed by atoms with Crippen LogP contribution in [0.3, 0.4) is 0 Å². The highest BCUT2D eigenvalue weighted by molar-refractivity contribution is 7.16. The average molecular weight is 346 g/mol. The molecule has 0 unspecified atom stereocenters. The topological polar surface area (TPSA) is 85.2 Å². The number of nitriles is 1. The van der Waals surface area contributed by atoms with E-state index < -0.39 is 0 Å². The highest BCUT2D eigenvalue weighted by atomic mass is 32.1. The molecule has 0 spiro atoms. The minimum Gasteiger partial charge on any atom is -0.352 e. The van der Waals surface area contributed by atoms with Crippen LogP contribution in [-0.4, -0.2) is 42.9 Å². The van der Waals surface area contributed by atoms with Crippen molar-refractivity contribution < 1.29 is 9.59 Å². The lowest BCUT2D eigenvalue weighted by atomic mass is 10.1. The van der Waals surface area contributed by atoms with E-state index in [1.165, 1.54) is 16.2 Å². The summed E-state index contributed by atoms with van der Waals surface area (Å²) in [6, 6.07) is 2.59. The molecule has 1 aromatic heterocycles. The van der Waals surface area contributed by atoms with Gasteiger partial charge in [-0.05, 0) is 44.7 Å². The monoisotopic (exact) mass is 346 g/mol. The zero-order chi connectivity index (χ0) is 17.1. The summed E-state index contributed by atoms with van der Waals surface area (Å²) in [6.45, 7) is 0.817. The van der Waals surface area contributed by atoms with Crippen LogP contribution < -0.4 is 10.6 Å². The fourth-order valence-corrected chi connectivity index (χ4v) is 4.17. The van der Waals surface area contributed by atoms with E-state index in [4.69, 9.17) is 0 Å². The molecule has 1 saturated carbocycles. The maximum Gasteiger partial charge on any atom is 0.234 e. The number of aryl methyl sites for hydroxylation is 1. The van der Waals surface area contributed by atoms with Crippen molar-refractivity contribution in [2.75, 3.05) is 25.5 Å². The third kappa shape index (κ3) is 4.13. The standard InChI is InChI=1S/C17H22N4O2S/c1-21(10-16(23)19-11-5-6-11)8-7-15(22)20-17-13(9-18)12-3-2-4-14(12)24-17/h11H,2-8,10H2,1H3,(H,19,23)(H,20,22). The highest BCUT2D eigenvalue weighted by Crippen LogP contribution is 2.38. The molecule has 6 nitrogen and oxygen atoms in total. The van der Waals surface area contributed by atoms with E-state index in [0.29, 0.717) is 36.1 Å². The molecule has 2 N–H and O–H groups in total. The maximum atomic E-state index is 12.1. The van der Waals surface area contributed by atoms with Crippen molar-refractivity contribution in [3.63, 3.8) is 0 Å². The second-order valence-electron chi connectivity index (χ2n) is 6.55. The van der Waals surface area contributed by atoms with Crippen LogP contribution in [0.5, 0.6) is 0 Å². The number of anilines is 1. The molecule has 1 fully saturated rings. The van der Waals surface area contributed by atoms with Gasteiger partial charge in [0.2, 0.25) is 11.8 Å². The molecule has 0 aliphatic heterocycles. The molecule has 3 rings (SSSR count). The van der Waals surface area contributed by atoms with Crippen molar-refractivity contribution in [3.8, 4) is 6.07 Å². The Hall–Kier alpha value is -1.91. The average Bonchev–Trinajstić information content (AvgIpc) is 3.11. The fraction of sp³-hybridized carbons (Fsp3) is 0.588. The van der Waals surface area contributed by atoms with Gasteiger partial charge in [-0.3, -0.25) is 14.5 Å². The molecular formula is C17H22N4O2S. The van der Waals surface area contributed by atoms with E-state index in [0.717, 1.165) is 37.7 Å². The first-order chi connectivity index (χ1) is 11.6. The van der Waals surface area contributed by atoms with Crippen molar-refractivity contribution in [1.82, 2.24) is 10.2 Å². The lowest BCUT2D eigenvalue weighted by Gasteiger charge is -2.15. The molecule has 0 saturated heterocycles. The smallest absolute Gasteiger partial charge is 0.234 e. The molecule has 7 heteroatoms. The maximum absolute atomic E-state index is 12.1. The van der Waals surface area contributed by atoms with Gasteiger partial charge in [0.1, 0.15) is 11.1 Å². The summed E-state index contributed by atoms with van der Waals surface area (Å²) in [5.41, 5.74) is 1.75. The van der Waals surface area contributed by atoms with Gasteiger partial charge in [-0.1, -0.05) is 0 Å². The number of thiophene rings is 1. The Morgan fingerprint density at radius 1 is 1.33 bits per heavy atom. The van der Waals surface area contributed by atoms with Gasteiger partial charge in [0.15, 0.2) is 0 Å². The van der Waals surface area contributed by atoms with E-state index in [2.05, 4.69) is 16.7 Å². The van der Waals surface area contributed by atoms with Crippen molar-refractivity contribution in [1.29, 1.82) is 5.26 Å². The zero-order valence-corrected chi connectivity index (χ0v) is 14.7. The summed E-state index contributed by atoms with van der Waals surface area (Å²) in [4.78, 5) is 26.9. The van der Waals surface area contributed by atoms with Gasteiger partial charge in [-0.15, -0.1) is 11.3 Å². The Kier molecular flexibility index (Phi) is 5.17. The number of carbonyl (C=O) groups excluding carboxylic acids is 2. The first-order valence-corrected chi connectivity index (χ1v) is 9.21. The van der Waals surface area contributed by atoms with Gasteiger partial charge in [0.25, 0.3) is 0 Å². The van der Waals surface area contributed by atoms with E-state index in [1.807, 2.05) is 11.9 Å². The highest BCUT2D eigenvalue weighted by Gasteiger charge is 2.24. The molecule has 24 heavy (non-hydrogen) atoms. The second-order valence-corrected chi connectivity index (χ2v) is 7.66. The molecule has 2 aliphatic carbocycles. The Labute approximate surface area is 145 Å². The van der Waals surface area contributed by atoms with Gasteiger partial charge in [-0.25, -0.2) is 0 Å². The minimum atomic E-state index is -0.110. The Morgan fingerprint density at radius 2 is 2.12 bits per heavy atom. The second kappa shape index (κ2) is 7.32. The molecule has 128 valence electrons. The molecular weight excluding hydrogens is 324 g/mol. The summed E-state index contributed by atoms with van der Waals surface area (Å²) in [6.07, 6.45) is 5.49. The van der Waals surface area contributed by atoms with Crippen LogP contribution in [0.1, 0.15) is 41.7 Å². The number of carbonyl (C=O) groups is 2. The van der Waals surface area contributed by atoms with Crippen molar-refractivity contribution in [3.05, 3.63) is 16.0 Å². The number of fused-ring (bicyclic) bond motifs is 1. The molecule has 0 radical (unpaired) electrons. The molecule has 2 aliphatic rings. The molecule has 2 amide bonds. The molecule has 1 aromatic rings. The van der Waals surface area contributed by atoms with Crippen molar-refractivity contribution in [2.24, 2.45) is 0 Å². The summed E-state index contributed by atoms with van der Waals surface area (Å²) < 4.78 is 0. The normalized spacial score (nSPS) is 15.9. The van der Waals surface area contributed by atoms with Gasteiger partial charge < -0.3 is 10.6 Å². The van der Waals surface area contributed by atoms with Crippen LogP contribution in [0.25, 0.3) is 0 Å². The Morgan fingerprint density at radius 3 is 2.83 bits per heavy atom. The third-order valence-corrected chi connectivity index (χ3v) is 5.57. The number of rotatable bonds is 7. The van der Waals surface area contributed by atoms with Crippen LogP contribution in [-0.2, 0) is 22.4 Å². The van der Waals surface area contributed by atoms with Gasteiger partial charge in [0, 0.05) is 23.9 Å². The molecule has 0 aromatic carbocycles. The van der Waals surface area contributed by atoms with E-state index in [-0.39, 0.29) is 11.8 Å². The predicted molar refractivity (Wildman–Crippen MR) is 93.0 cm³/mol. The summed E-state index contributed by atoms with van der Waals surface area (Å²) in [5, 5.41) is 15.8. The van der Waals surface area contributed by atoms with E-state index in [1.54, 1.807) is 0 Å². The van der Waals surface area contributed by atoms with Crippen LogP contribution in [0.4, 0.5) is 5.00 Å². The summed E-state index contributed by atoms with van der Waals surface area (Å²) in [5.74, 6) is -0.0947. The van der Waals surface area contributed by atoms with Crippen LogP contribution in [0, 0.1) is 11.3 Å². The van der Waals surface area contributed by atoms with Crippen LogP contribution in [0.15, 0.2) is 0 Å². The lowest BCUT2D eigenvalue weighted by Crippen LogP contribution is -2.37. The Bertz CT molecular complexity index is 687. The first-order valence-electron chi connectivity index (χ1n) is 8.39. The number of nitrogens with one attached hydrogen (secondary N) is 2. The first kappa shape index (κ1) is 16.9. The van der Waals surface area contributed by atoms with E-state index in [9.17, 15) is 14.9 Å².